The Balaban J connectivity index is 2.29. The predicted molar refractivity (Wildman–Crippen MR) is 81.5 cm³/mol. The zero-order valence-electron chi connectivity index (χ0n) is 12.9. The van der Waals surface area contributed by atoms with Crippen LogP contribution in [-0.4, -0.2) is 11.1 Å². The van der Waals surface area contributed by atoms with Crippen LogP contribution in [0.4, 0.5) is 42.5 Å². The summed E-state index contributed by atoms with van der Waals surface area (Å²) >= 11 is 0. The standard InChI is InChI=1S/C16H12F6N2O2/c17-15(18,19)10-5-11(16(20,21)22)7-12(6-10)23-14(26)24-13-4-2-1-3-9(13)8-25/h1-7,25H,8H2,(H2,23,24,26). The molecule has 2 aromatic rings. The van der Waals surface area contributed by atoms with Gasteiger partial charge in [0.05, 0.1) is 17.7 Å². The third-order valence-corrected chi connectivity index (χ3v) is 3.28. The number of benzene rings is 2. The molecule has 10 heteroatoms. The molecule has 0 heterocycles. The molecule has 140 valence electrons. The Morgan fingerprint density at radius 1 is 0.885 bits per heavy atom. The van der Waals surface area contributed by atoms with Crippen LogP contribution in [0.2, 0.25) is 0 Å². The van der Waals surface area contributed by atoms with E-state index in [-0.39, 0.29) is 11.8 Å². The van der Waals surface area contributed by atoms with Crippen LogP contribution in [-0.2, 0) is 19.0 Å². The number of aliphatic hydroxyl groups is 1. The topological polar surface area (TPSA) is 61.4 Å². The van der Waals surface area contributed by atoms with E-state index in [1.165, 1.54) is 18.2 Å². The van der Waals surface area contributed by atoms with Crippen LogP contribution < -0.4 is 10.6 Å². The Hall–Kier alpha value is -2.75. The highest BCUT2D eigenvalue weighted by molar-refractivity contribution is 6.00. The Kier molecular flexibility index (Phi) is 5.45. The number of para-hydroxylation sites is 1. The van der Waals surface area contributed by atoms with Gasteiger partial charge in [-0.15, -0.1) is 0 Å². The monoisotopic (exact) mass is 378 g/mol. The summed E-state index contributed by atoms with van der Waals surface area (Å²) < 4.78 is 76.8. The molecule has 0 aliphatic carbocycles. The van der Waals surface area contributed by atoms with Crippen LogP contribution >= 0.6 is 0 Å². The van der Waals surface area contributed by atoms with Crippen LogP contribution in [0, 0.1) is 0 Å². The van der Waals surface area contributed by atoms with Crippen molar-refractivity contribution in [3.63, 3.8) is 0 Å². The average molecular weight is 378 g/mol. The molecule has 2 rings (SSSR count). The van der Waals surface area contributed by atoms with E-state index in [1.807, 2.05) is 5.32 Å². The lowest BCUT2D eigenvalue weighted by Gasteiger charge is -2.15. The molecule has 2 amide bonds. The molecular weight excluding hydrogens is 366 g/mol. The maximum atomic E-state index is 12.8. The Morgan fingerprint density at radius 2 is 1.42 bits per heavy atom. The van der Waals surface area contributed by atoms with E-state index in [4.69, 9.17) is 5.11 Å². The van der Waals surface area contributed by atoms with Gasteiger partial charge in [0.2, 0.25) is 0 Å². The smallest absolute Gasteiger partial charge is 0.392 e. The molecule has 3 N–H and O–H groups in total. The molecular formula is C16H12F6N2O2. The average Bonchev–Trinajstić information content (AvgIpc) is 2.53. The lowest BCUT2D eigenvalue weighted by Crippen LogP contribution is -2.21. The van der Waals surface area contributed by atoms with Crippen molar-refractivity contribution in [2.24, 2.45) is 0 Å². The third-order valence-electron chi connectivity index (χ3n) is 3.28. The lowest BCUT2D eigenvalue weighted by atomic mass is 10.1. The predicted octanol–water partition coefficient (Wildman–Crippen LogP) is 4.86. The first-order valence-electron chi connectivity index (χ1n) is 7.07. The Bertz CT molecular complexity index is 770. The molecule has 0 spiro atoms. The van der Waals surface area contributed by atoms with Crippen molar-refractivity contribution in [1.82, 2.24) is 0 Å². The first-order chi connectivity index (χ1) is 12.0. The number of carbonyl (C=O) groups excluding carboxylic acids is 1. The van der Waals surface area contributed by atoms with Gasteiger partial charge < -0.3 is 15.7 Å². The SMILES string of the molecule is O=C(Nc1cc(C(F)(F)F)cc(C(F)(F)F)c1)Nc1ccccc1CO. The van der Waals surface area contributed by atoms with Crippen LogP contribution in [0.15, 0.2) is 42.5 Å². The second kappa shape index (κ2) is 7.24. The minimum atomic E-state index is -5.02. The second-order valence-corrected chi connectivity index (χ2v) is 5.19. The number of alkyl halides is 6. The maximum Gasteiger partial charge on any atom is 0.416 e. The summed E-state index contributed by atoms with van der Waals surface area (Å²) in [6.45, 7) is -0.418. The second-order valence-electron chi connectivity index (χ2n) is 5.19. The van der Waals surface area contributed by atoms with E-state index >= 15 is 0 Å². The Labute approximate surface area is 143 Å². The van der Waals surface area contributed by atoms with Crippen LogP contribution in [0.5, 0.6) is 0 Å². The van der Waals surface area contributed by atoms with Crippen molar-refractivity contribution < 1.29 is 36.2 Å². The van der Waals surface area contributed by atoms with Gasteiger partial charge in [-0.1, -0.05) is 18.2 Å². The summed E-state index contributed by atoms with van der Waals surface area (Å²) in [5.41, 5.74) is -3.28. The molecule has 0 saturated heterocycles. The summed E-state index contributed by atoms with van der Waals surface area (Å²) in [7, 11) is 0. The van der Waals surface area contributed by atoms with E-state index < -0.39 is 41.8 Å². The van der Waals surface area contributed by atoms with E-state index in [1.54, 1.807) is 6.07 Å². The molecule has 4 nitrogen and oxygen atoms in total. The van der Waals surface area contributed by atoms with Gasteiger partial charge in [0.1, 0.15) is 0 Å². The number of amides is 2. The van der Waals surface area contributed by atoms with Crippen molar-refractivity contribution in [2.75, 3.05) is 10.6 Å². The number of urea groups is 1. The van der Waals surface area contributed by atoms with Gasteiger partial charge in [0.25, 0.3) is 0 Å². The summed E-state index contributed by atoms with van der Waals surface area (Å²) in [5.74, 6) is 0. The first-order valence-corrected chi connectivity index (χ1v) is 7.07. The molecule has 0 aliphatic heterocycles. The fourth-order valence-electron chi connectivity index (χ4n) is 2.09. The summed E-state index contributed by atoms with van der Waals surface area (Å²) in [6, 6.07) is 5.71. The van der Waals surface area contributed by atoms with E-state index in [2.05, 4.69) is 5.32 Å². The quantitative estimate of drug-likeness (QED) is 0.668. The maximum absolute atomic E-state index is 12.8. The van der Waals surface area contributed by atoms with Gasteiger partial charge >= 0.3 is 18.4 Å². The molecule has 2 aromatic carbocycles. The molecule has 0 bridgehead atoms. The summed E-state index contributed by atoms with van der Waals surface area (Å²) in [6.07, 6.45) is -10.0. The number of halogens is 6. The van der Waals surface area contributed by atoms with Crippen LogP contribution in [0.3, 0.4) is 0 Å². The van der Waals surface area contributed by atoms with Crippen LogP contribution in [0.1, 0.15) is 16.7 Å². The summed E-state index contributed by atoms with van der Waals surface area (Å²) in [4.78, 5) is 11.9. The molecule has 0 fully saturated rings. The highest BCUT2D eigenvalue weighted by Gasteiger charge is 2.37. The van der Waals surface area contributed by atoms with Gasteiger partial charge in [-0.3, -0.25) is 0 Å². The number of aliphatic hydroxyl groups excluding tert-OH is 1. The largest absolute Gasteiger partial charge is 0.416 e. The van der Waals surface area contributed by atoms with Crippen molar-refractivity contribution in [3.8, 4) is 0 Å². The highest BCUT2D eigenvalue weighted by atomic mass is 19.4. The third kappa shape index (κ3) is 4.88. The number of rotatable bonds is 3. The molecule has 0 aromatic heterocycles. The Morgan fingerprint density at radius 3 is 1.92 bits per heavy atom. The van der Waals surface area contributed by atoms with Crippen molar-refractivity contribution in [3.05, 3.63) is 59.2 Å². The van der Waals surface area contributed by atoms with E-state index in [0.29, 0.717) is 17.7 Å². The minimum absolute atomic E-state index is 0.0376. The number of hydrogen-bond donors (Lipinski definition) is 3. The van der Waals surface area contributed by atoms with Gasteiger partial charge in [-0.25, -0.2) is 4.79 Å². The molecule has 0 atom stereocenters. The molecule has 0 unspecified atom stereocenters. The van der Waals surface area contributed by atoms with Crippen LogP contribution in [0.25, 0.3) is 0 Å². The highest BCUT2D eigenvalue weighted by Crippen LogP contribution is 2.37. The zero-order valence-corrected chi connectivity index (χ0v) is 12.9. The molecule has 0 aliphatic rings. The fraction of sp³-hybridized carbons (Fsp3) is 0.188. The summed E-state index contributed by atoms with van der Waals surface area (Å²) in [5, 5.41) is 13.3. The van der Waals surface area contributed by atoms with Gasteiger partial charge in [-0.05, 0) is 24.3 Å². The lowest BCUT2D eigenvalue weighted by molar-refractivity contribution is -0.143. The van der Waals surface area contributed by atoms with Crippen molar-refractivity contribution in [1.29, 1.82) is 0 Å². The van der Waals surface area contributed by atoms with Gasteiger partial charge in [0.15, 0.2) is 0 Å². The number of anilines is 2. The zero-order chi connectivity index (χ0) is 19.5. The minimum Gasteiger partial charge on any atom is -0.392 e. The number of carbonyl (C=O) groups is 1. The van der Waals surface area contributed by atoms with Gasteiger partial charge in [-0.2, -0.15) is 26.3 Å². The van der Waals surface area contributed by atoms with Gasteiger partial charge in [0, 0.05) is 16.9 Å². The molecule has 26 heavy (non-hydrogen) atoms. The molecule has 0 radical (unpaired) electrons. The van der Waals surface area contributed by atoms with Crippen molar-refractivity contribution >= 4 is 17.4 Å². The number of hydrogen-bond acceptors (Lipinski definition) is 2. The van der Waals surface area contributed by atoms with Crippen molar-refractivity contribution in [2.45, 2.75) is 19.0 Å². The first kappa shape index (κ1) is 19.6. The fourth-order valence-corrected chi connectivity index (χ4v) is 2.09. The molecule has 0 saturated carbocycles. The van der Waals surface area contributed by atoms with E-state index in [9.17, 15) is 31.1 Å². The number of nitrogens with one attached hydrogen (secondary N) is 2. The normalized spacial score (nSPS) is 12.0. The van der Waals surface area contributed by atoms with E-state index in [0.717, 1.165) is 0 Å².